The topological polar surface area (TPSA) is 57.8 Å². The van der Waals surface area contributed by atoms with Crippen LogP contribution in [0.25, 0.3) is 10.1 Å². The summed E-state index contributed by atoms with van der Waals surface area (Å²) in [6.45, 7) is 0. The number of hydrogen-bond acceptors (Lipinski definition) is 6. The molecular weight excluding hydrogens is 254 g/mol. The van der Waals surface area contributed by atoms with Gasteiger partial charge in [0.15, 0.2) is 10.8 Å². The van der Waals surface area contributed by atoms with Gasteiger partial charge in [-0.1, -0.05) is 12.1 Å². The molecule has 0 saturated heterocycles. The van der Waals surface area contributed by atoms with E-state index in [4.69, 9.17) is 0 Å². The van der Waals surface area contributed by atoms with E-state index in [0.29, 0.717) is 10.1 Å². The molecule has 2 heterocycles. The van der Waals surface area contributed by atoms with E-state index in [1.165, 1.54) is 22.7 Å². The number of aromatic hydroxyl groups is 1. The normalized spacial score (nSPS) is 11.5. The molecular formula is C11H7N3OS2. The van der Waals surface area contributed by atoms with Gasteiger partial charge in [-0.15, -0.1) is 32.9 Å². The molecule has 3 aromatic rings. The number of thiazole rings is 1. The Morgan fingerprint density at radius 1 is 1.18 bits per heavy atom. The van der Waals surface area contributed by atoms with E-state index in [9.17, 15) is 5.11 Å². The van der Waals surface area contributed by atoms with Crippen molar-refractivity contribution in [2.45, 2.75) is 0 Å². The highest BCUT2D eigenvalue weighted by Crippen LogP contribution is 2.43. The fourth-order valence-electron chi connectivity index (χ4n) is 1.44. The summed E-state index contributed by atoms with van der Waals surface area (Å²) in [4.78, 5) is 4.00. The molecule has 0 fully saturated rings. The lowest BCUT2D eigenvalue weighted by Gasteiger charge is -1.88. The van der Waals surface area contributed by atoms with Crippen molar-refractivity contribution in [3.05, 3.63) is 35.8 Å². The molecule has 4 nitrogen and oxygen atoms in total. The summed E-state index contributed by atoms with van der Waals surface area (Å²) in [5.74, 6) is 0.186. The Balaban J connectivity index is 2.03. The molecule has 1 N–H and O–H groups in total. The summed E-state index contributed by atoms with van der Waals surface area (Å²) in [5.41, 5.74) is 0. The standard InChI is InChI=1S/C11H7N3OS2/c15-9-7-3-1-2-4-8(7)17-10(9)13-14-11-12-5-6-16-11/h1-6,15H/b14-13+. The van der Waals surface area contributed by atoms with E-state index in [2.05, 4.69) is 15.2 Å². The number of fused-ring (bicyclic) bond motifs is 1. The fourth-order valence-corrected chi connectivity index (χ4v) is 2.81. The number of hydrogen-bond donors (Lipinski definition) is 1. The van der Waals surface area contributed by atoms with E-state index in [-0.39, 0.29) is 5.75 Å². The van der Waals surface area contributed by atoms with E-state index >= 15 is 0 Å². The average Bonchev–Trinajstić information content (AvgIpc) is 2.96. The highest BCUT2D eigenvalue weighted by molar-refractivity contribution is 7.23. The highest BCUT2D eigenvalue weighted by atomic mass is 32.1. The third-order valence-electron chi connectivity index (χ3n) is 2.20. The van der Waals surface area contributed by atoms with Crippen LogP contribution in [0.3, 0.4) is 0 Å². The summed E-state index contributed by atoms with van der Waals surface area (Å²) in [5, 5.41) is 21.7. The summed E-state index contributed by atoms with van der Waals surface area (Å²) in [7, 11) is 0. The van der Waals surface area contributed by atoms with Gasteiger partial charge in [0.1, 0.15) is 0 Å². The van der Waals surface area contributed by atoms with Crippen LogP contribution in [0.1, 0.15) is 0 Å². The van der Waals surface area contributed by atoms with Crippen LogP contribution in [0.15, 0.2) is 46.1 Å². The number of benzene rings is 1. The SMILES string of the molecule is Oc1c(/N=N/c2nccs2)sc2ccccc12. The number of azo groups is 1. The number of rotatable bonds is 2. The maximum Gasteiger partial charge on any atom is 0.229 e. The van der Waals surface area contributed by atoms with Crippen LogP contribution < -0.4 is 0 Å². The fraction of sp³-hybridized carbons (Fsp3) is 0. The lowest BCUT2D eigenvalue weighted by Crippen LogP contribution is -1.61. The Labute approximate surface area is 105 Å². The molecule has 0 aliphatic heterocycles. The van der Waals surface area contributed by atoms with E-state index in [1.807, 2.05) is 29.6 Å². The largest absolute Gasteiger partial charge is 0.504 e. The Hall–Kier alpha value is -1.79. The molecule has 3 rings (SSSR count). The quantitative estimate of drug-likeness (QED) is 0.691. The Kier molecular flexibility index (Phi) is 2.58. The monoisotopic (exact) mass is 261 g/mol. The first-order valence-electron chi connectivity index (χ1n) is 4.86. The molecule has 17 heavy (non-hydrogen) atoms. The Bertz CT molecular complexity index is 673. The predicted octanol–water partition coefficient (Wildman–Crippen LogP) is 4.48. The second-order valence-corrected chi connectivity index (χ2v) is 5.17. The first-order chi connectivity index (χ1) is 8.34. The minimum Gasteiger partial charge on any atom is -0.504 e. The van der Waals surface area contributed by atoms with Gasteiger partial charge < -0.3 is 5.11 Å². The molecule has 0 saturated carbocycles. The molecule has 1 aromatic carbocycles. The van der Waals surface area contributed by atoms with Gasteiger partial charge in [-0.25, -0.2) is 4.98 Å². The third-order valence-corrected chi connectivity index (χ3v) is 3.90. The van der Waals surface area contributed by atoms with Crippen LogP contribution in [0.2, 0.25) is 0 Å². The molecule has 0 aliphatic carbocycles. The number of thiophene rings is 1. The summed E-state index contributed by atoms with van der Waals surface area (Å²) in [6.07, 6.45) is 1.67. The van der Waals surface area contributed by atoms with Crippen LogP contribution in [-0.2, 0) is 0 Å². The lowest BCUT2D eigenvalue weighted by atomic mass is 10.2. The smallest absolute Gasteiger partial charge is 0.229 e. The summed E-state index contributed by atoms with van der Waals surface area (Å²) >= 11 is 2.82. The van der Waals surface area contributed by atoms with Crippen LogP contribution in [0.5, 0.6) is 5.75 Å². The van der Waals surface area contributed by atoms with Crippen LogP contribution in [0, 0.1) is 0 Å². The van der Waals surface area contributed by atoms with Crippen molar-refractivity contribution >= 4 is 42.9 Å². The minimum absolute atomic E-state index is 0.186. The van der Waals surface area contributed by atoms with Crippen LogP contribution in [0.4, 0.5) is 10.1 Å². The van der Waals surface area contributed by atoms with Gasteiger partial charge in [-0.2, -0.15) is 0 Å². The van der Waals surface area contributed by atoms with Gasteiger partial charge >= 0.3 is 0 Å². The maximum atomic E-state index is 9.96. The van der Waals surface area contributed by atoms with Crippen molar-refractivity contribution in [1.29, 1.82) is 0 Å². The molecule has 0 aliphatic rings. The first-order valence-corrected chi connectivity index (χ1v) is 6.56. The van der Waals surface area contributed by atoms with Gasteiger partial charge in [0.2, 0.25) is 5.13 Å². The van der Waals surface area contributed by atoms with E-state index < -0.39 is 0 Å². The lowest BCUT2D eigenvalue weighted by molar-refractivity contribution is 0.484. The van der Waals surface area contributed by atoms with Gasteiger partial charge in [-0.3, -0.25) is 0 Å². The maximum absolute atomic E-state index is 9.96. The van der Waals surface area contributed by atoms with Crippen molar-refractivity contribution in [1.82, 2.24) is 4.98 Å². The third kappa shape index (κ3) is 1.92. The van der Waals surface area contributed by atoms with Gasteiger partial charge in [-0.05, 0) is 12.1 Å². The zero-order valence-corrected chi connectivity index (χ0v) is 10.2. The van der Waals surface area contributed by atoms with Crippen molar-refractivity contribution in [2.24, 2.45) is 10.2 Å². The first kappa shape index (κ1) is 10.4. The summed E-state index contributed by atoms with van der Waals surface area (Å²) in [6, 6.07) is 7.63. The molecule has 84 valence electrons. The molecule has 6 heteroatoms. The highest BCUT2D eigenvalue weighted by Gasteiger charge is 2.09. The zero-order chi connectivity index (χ0) is 11.7. The number of nitrogens with zero attached hydrogens (tertiary/aromatic N) is 3. The van der Waals surface area contributed by atoms with Gasteiger partial charge in [0.05, 0.1) is 0 Å². The zero-order valence-electron chi connectivity index (χ0n) is 8.57. The summed E-state index contributed by atoms with van der Waals surface area (Å²) < 4.78 is 0.998. The molecule has 0 spiro atoms. The van der Waals surface area contributed by atoms with E-state index in [1.54, 1.807) is 6.20 Å². The van der Waals surface area contributed by atoms with Gasteiger partial charge in [0.25, 0.3) is 0 Å². The second-order valence-electron chi connectivity index (χ2n) is 3.27. The Morgan fingerprint density at radius 3 is 2.82 bits per heavy atom. The second kappa shape index (κ2) is 4.23. The van der Waals surface area contributed by atoms with E-state index in [0.717, 1.165) is 10.1 Å². The van der Waals surface area contributed by atoms with Crippen LogP contribution in [-0.4, -0.2) is 10.1 Å². The van der Waals surface area contributed by atoms with Crippen LogP contribution >= 0.6 is 22.7 Å². The van der Waals surface area contributed by atoms with Crippen molar-refractivity contribution in [2.75, 3.05) is 0 Å². The van der Waals surface area contributed by atoms with Crippen molar-refractivity contribution in [3.63, 3.8) is 0 Å². The molecule has 2 aromatic heterocycles. The average molecular weight is 261 g/mol. The van der Waals surface area contributed by atoms with Gasteiger partial charge in [0, 0.05) is 21.7 Å². The van der Waals surface area contributed by atoms with Crippen molar-refractivity contribution < 1.29 is 5.11 Å². The molecule has 0 bridgehead atoms. The Morgan fingerprint density at radius 2 is 2.06 bits per heavy atom. The molecule has 0 unspecified atom stereocenters. The molecule has 0 atom stereocenters. The minimum atomic E-state index is 0.186. The van der Waals surface area contributed by atoms with Crippen molar-refractivity contribution in [3.8, 4) is 5.75 Å². The molecule has 0 amide bonds. The number of aromatic nitrogens is 1. The predicted molar refractivity (Wildman–Crippen MR) is 69.8 cm³/mol. The molecule has 0 radical (unpaired) electrons.